The van der Waals surface area contributed by atoms with Crippen LogP contribution < -0.4 is 5.32 Å². The number of rotatable bonds is 7. The van der Waals surface area contributed by atoms with Crippen LogP contribution in [0.2, 0.25) is 10.0 Å². The van der Waals surface area contributed by atoms with Gasteiger partial charge in [-0.3, -0.25) is 9.59 Å². The van der Waals surface area contributed by atoms with E-state index in [2.05, 4.69) is 5.32 Å². The molecule has 0 atom stereocenters. The van der Waals surface area contributed by atoms with E-state index in [4.69, 9.17) is 32.7 Å². The second-order valence-corrected chi connectivity index (χ2v) is 9.45. The summed E-state index contributed by atoms with van der Waals surface area (Å²) >= 11 is 11.9. The summed E-state index contributed by atoms with van der Waals surface area (Å²) in [5, 5.41) is 3.18. The highest BCUT2D eigenvalue weighted by atomic mass is 35.5. The van der Waals surface area contributed by atoms with Crippen LogP contribution in [-0.2, 0) is 35.5 Å². The number of morpholine rings is 1. The van der Waals surface area contributed by atoms with Gasteiger partial charge < -0.3 is 14.8 Å². The topological polar surface area (TPSA) is 102 Å². The summed E-state index contributed by atoms with van der Waals surface area (Å²) in [6.45, 7) is 0.589. The molecule has 0 unspecified atom stereocenters. The van der Waals surface area contributed by atoms with Crippen LogP contribution in [0.15, 0.2) is 47.4 Å². The Morgan fingerprint density at radius 1 is 1.06 bits per heavy atom. The van der Waals surface area contributed by atoms with Crippen LogP contribution in [-0.4, -0.2) is 57.5 Å². The van der Waals surface area contributed by atoms with E-state index >= 15 is 0 Å². The zero-order chi connectivity index (χ0) is 22.4. The number of carbonyl (C=O) groups excluding carboxylic acids is 2. The fourth-order valence-electron chi connectivity index (χ4n) is 2.85. The van der Waals surface area contributed by atoms with Crippen molar-refractivity contribution in [2.75, 3.05) is 38.2 Å². The maximum Gasteiger partial charge on any atom is 0.310 e. The fourth-order valence-corrected chi connectivity index (χ4v) is 4.57. The van der Waals surface area contributed by atoms with Crippen molar-refractivity contribution in [1.82, 2.24) is 4.31 Å². The van der Waals surface area contributed by atoms with Gasteiger partial charge >= 0.3 is 5.97 Å². The summed E-state index contributed by atoms with van der Waals surface area (Å²) in [5.74, 6) is -1.24. The third-order valence-corrected chi connectivity index (χ3v) is 6.92. The molecule has 1 N–H and O–H groups in total. The van der Waals surface area contributed by atoms with Crippen LogP contribution in [0, 0.1) is 0 Å². The zero-order valence-electron chi connectivity index (χ0n) is 16.3. The second kappa shape index (κ2) is 10.4. The molecule has 0 radical (unpaired) electrons. The van der Waals surface area contributed by atoms with Crippen molar-refractivity contribution in [3.63, 3.8) is 0 Å². The Bertz CT molecular complexity index is 1050. The molecule has 1 aliphatic heterocycles. The minimum absolute atomic E-state index is 0.00571. The molecule has 166 valence electrons. The Morgan fingerprint density at radius 3 is 2.42 bits per heavy atom. The van der Waals surface area contributed by atoms with Gasteiger partial charge in [-0.1, -0.05) is 35.3 Å². The lowest BCUT2D eigenvalue weighted by molar-refractivity contribution is -0.146. The molecule has 0 saturated carbocycles. The van der Waals surface area contributed by atoms with Gasteiger partial charge in [-0.25, -0.2) is 8.42 Å². The maximum absolute atomic E-state index is 12.8. The molecule has 2 aromatic rings. The number of nitrogens with one attached hydrogen (secondary N) is 1. The lowest BCUT2D eigenvalue weighted by Gasteiger charge is -2.26. The molecule has 1 saturated heterocycles. The summed E-state index contributed by atoms with van der Waals surface area (Å²) in [6.07, 6.45) is -0.0154. The normalized spacial score (nSPS) is 14.8. The van der Waals surface area contributed by atoms with E-state index in [0.717, 1.165) is 0 Å². The summed E-state index contributed by atoms with van der Waals surface area (Å²) in [7, 11) is -3.75. The zero-order valence-corrected chi connectivity index (χ0v) is 18.7. The molecule has 8 nitrogen and oxygen atoms in total. The molecule has 0 spiro atoms. The molecule has 0 aliphatic carbocycles. The first-order valence-electron chi connectivity index (χ1n) is 9.33. The molecule has 11 heteroatoms. The van der Waals surface area contributed by atoms with E-state index in [1.165, 1.54) is 22.5 Å². The predicted molar refractivity (Wildman–Crippen MR) is 116 cm³/mol. The highest BCUT2D eigenvalue weighted by molar-refractivity contribution is 7.89. The monoisotopic (exact) mass is 486 g/mol. The van der Waals surface area contributed by atoms with Gasteiger partial charge in [0.1, 0.15) is 0 Å². The van der Waals surface area contributed by atoms with Crippen LogP contribution in [0.25, 0.3) is 0 Å². The molecule has 3 rings (SSSR count). The Hall–Kier alpha value is -2.17. The van der Waals surface area contributed by atoms with Crippen molar-refractivity contribution in [3.05, 3.63) is 58.1 Å². The number of anilines is 1. The number of esters is 1. The molecule has 1 aliphatic rings. The van der Waals surface area contributed by atoms with Crippen molar-refractivity contribution in [3.8, 4) is 0 Å². The largest absolute Gasteiger partial charge is 0.455 e. The molecule has 0 aromatic heterocycles. The minimum Gasteiger partial charge on any atom is -0.455 e. The highest BCUT2D eigenvalue weighted by Crippen LogP contribution is 2.27. The first kappa shape index (κ1) is 23.5. The van der Waals surface area contributed by atoms with Crippen molar-refractivity contribution >= 4 is 50.8 Å². The SMILES string of the molecule is O=C(COC(=O)Cc1ccc(Cl)cc1)Nc1cc(S(=O)(=O)N2CCOCC2)ccc1Cl. The molecular weight excluding hydrogens is 467 g/mol. The van der Waals surface area contributed by atoms with E-state index in [1.54, 1.807) is 24.3 Å². The maximum atomic E-state index is 12.8. The predicted octanol–water partition coefficient (Wildman–Crippen LogP) is 2.74. The average molecular weight is 487 g/mol. The number of nitrogens with zero attached hydrogens (tertiary/aromatic N) is 1. The molecule has 2 aromatic carbocycles. The molecule has 1 fully saturated rings. The number of amides is 1. The van der Waals surface area contributed by atoms with Gasteiger partial charge in [0.25, 0.3) is 5.91 Å². The quantitative estimate of drug-likeness (QED) is 0.603. The van der Waals surface area contributed by atoms with Crippen LogP contribution in [0.4, 0.5) is 5.69 Å². The molecule has 0 bridgehead atoms. The van der Waals surface area contributed by atoms with Crippen molar-refractivity contribution in [2.45, 2.75) is 11.3 Å². The summed E-state index contributed by atoms with van der Waals surface area (Å²) < 4.78 is 37.0. The summed E-state index contributed by atoms with van der Waals surface area (Å²) in [6, 6.07) is 10.7. The van der Waals surface area contributed by atoms with Crippen LogP contribution >= 0.6 is 23.2 Å². The van der Waals surface area contributed by atoms with Gasteiger partial charge in [0.05, 0.1) is 35.2 Å². The van der Waals surface area contributed by atoms with Gasteiger partial charge in [-0.05, 0) is 35.9 Å². The Balaban J connectivity index is 1.59. The average Bonchev–Trinajstić information content (AvgIpc) is 2.76. The minimum atomic E-state index is -3.75. The number of sulfonamides is 1. The van der Waals surface area contributed by atoms with Crippen molar-refractivity contribution in [1.29, 1.82) is 0 Å². The van der Waals surface area contributed by atoms with Crippen LogP contribution in [0.1, 0.15) is 5.56 Å². The lowest BCUT2D eigenvalue weighted by Crippen LogP contribution is -2.40. The standard InChI is InChI=1S/C20H20Cl2N2O6S/c21-15-3-1-14(2-4-15)11-20(26)30-13-19(25)23-18-12-16(5-6-17(18)22)31(27,28)24-7-9-29-10-8-24/h1-6,12H,7-11,13H2,(H,23,25). The van der Waals surface area contributed by atoms with E-state index in [-0.39, 0.29) is 35.1 Å². The lowest BCUT2D eigenvalue weighted by atomic mass is 10.1. The molecule has 31 heavy (non-hydrogen) atoms. The van der Waals surface area contributed by atoms with E-state index < -0.39 is 28.5 Å². The Kier molecular flexibility index (Phi) is 7.90. The molecular formula is C20H20Cl2N2O6S. The van der Waals surface area contributed by atoms with Gasteiger partial charge in [0, 0.05) is 18.1 Å². The number of carbonyl (C=O) groups is 2. The van der Waals surface area contributed by atoms with Gasteiger partial charge in [-0.2, -0.15) is 4.31 Å². The van der Waals surface area contributed by atoms with Gasteiger partial charge in [-0.15, -0.1) is 0 Å². The van der Waals surface area contributed by atoms with E-state index in [1.807, 2.05) is 0 Å². The van der Waals surface area contributed by atoms with Crippen LogP contribution in [0.5, 0.6) is 0 Å². The fraction of sp³-hybridized carbons (Fsp3) is 0.300. The highest BCUT2D eigenvalue weighted by Gasteiger charge is 2.27. The van der Waals surface area contributed by atoms with Gasteiger partial charge in [0.2, 0.25) is 10.0 Å². The first-order valence-corrected chi connectivity index (χ1v) is 11.5. The number of hydrogen-bond donors (Lipinski definition) is 1. The Morgan fingerprint density at radius 2 is 1.74 bits per heavy atom. The van der Waals surface area contributed by atoms with Crippen LogP contribution in [0.3, 0.4) is 0 Å². The third-order valence-electron chi connectivity index (χ3n) is 4.45. The molecule has 1 amide bonds. The number of ether oxygens (including phenoxy) is 2. The number of benzene rings is 2. The van der Waals surface area contributed by atoms with Crippen molar-refractivity contribution in [2.24, 2.45) is 0 Å². The Labute approximate surface area is 190 Å². The molecule has 1 heterocycles. The summed E-state index contributed by atoms with van der Waals surface area (Å²) in [5.41, 5.74) is 0.800. The first-order chi connectivity index (χ1) is 14.8. The van der Waals surface area contributed by atoms with E-state index in [9.17, 15) is 18.0 Å². The smallest absolute Gasteiger partial charge is 0.310 e. The third kappa shape index (κ3) is 6.41. The van der Waals surface area contributed by atoms with Crippen molar-refractivity contribution < 1.29 is 27.5 Å². The number of halogens is 2. The number of hydrogen-bond acceptors (Lipinski definition) is 6. The van der Waals surface area contributed by atoms with E-state index in [0.29, 0.717) is 23.8 Å². The van der Waals surface area contributed by atoms with Gasteiger partial charge in [0.15, 0.2) is 6.61 Å². The second-order valence-electron chi connectivity index (χ2n) is 6.67. The summed E-state index contributed by atoms with van der Waals surface area (Å²) in [4.78, 5) is 24.1.